The Morgan fingerprint density at radius 2 is 1.90 bits per heavy atom. The van der Waals surface area contributed by atoms with Crippen LogP contribution >= 0.6 is 0 Å². The number of nitro groups is 1. The van der Waals surface area contributed by atoms with Crippen molar-refractivity contribution in [3.63, 3.8) is 0 Å². The van der Waals surface area contributed by atoms with Gasteiger partial charge >= 0.3 is 0 Å². The summed E-state index contributed by atoms with van der Waals surface area (Å²) < 4.78 is 0. The summed E-state index contributed by atoms with van der Waals surface area (Å²) in [4.78, 5) is 10.6. The highest BCUT2D eigenvalue weighted by Crippen LogP contribution is 2.33. The molecule has 3 rings (SSSR count). The molecule has 0 fully saturated rings. The number of fused-ring (bicyclic) bond motifs is 1. The van der Waals surface area contributed by atoms with Gasteiger partial charge in [-0.05, 0) is 30.5 Å². The van der Waals surface area contributed by atoms with Gasteiger partial charge in [-0.1, -0.05) is 42.5 Å². The molecule has 1 aliphatic carbocycles. The predicted molar refractivity (Wildman–Crippen MR) is 82.6 cm³/mol. The van der Waals surface area contributed by atoms with Gasteiger partial charge < -0.3 is 5.32 Å². The van der Waals surface area contributed by atoms with Crippen molar-refractivity contribution in [3.8, 4) is 0 Å². The smallest absolute Gasteiger partial charge is 0.272 e. The minimum Gasteiger partial charge on any atom is -0.316 e. The average Bonchev–Trinajstić information content (AvgIpc) is 2.48. The van der Waals surface area contributed by atoms with Gasteiger partial charge in [-0.3, -0.25) is 10.1 Å². The molecule has 0 saturated heterocycles. The molecule has 0 aliphatic heterocycles. The molecule has 2 aromatic carbocycles. The normalized spacial score (nSPS) is 16.1. The maximum atomic E-state index is 10.9. The van der Waals surface area contributed by atoms with E-state index in [1.165, 1.54) is 11.1 Å². The zero-order valence-electron chi connectivity index (χ0n) is 11.8. The van der Waals surface area contributed by atoms with Crippen LogP contribution in [0.4, 0.5) is 5.69 Å². The first-order valence-corrected chi connectivity index (χ1v) is 7.26. The molecule has 1 unspecified atom stereocenters. The molecule has 0 saturated carbocycles. The topological polar surface area (TPSA) is 55.2 Å². The third-order valence-electron chi connectivity index (χ3n) is 4.11. The van der Waals surface area contributed by atoms with Crippen LogP contribution in [0.2, 0.25) is 0 Å². The van der Waals surface area contributed by atoms with E-state index in [-0.39, 0.29) is 10.6 Å². The third-order valence-corrected chi connectivity index (χ3v) is 4.11. The van der Waals surface area contributed by atoms with Gasteiger partial charge in [-0.25, -0.2) is 0 Å². The Hall–Kier alpha value is -2.20. The largest absolute Gasteiger partial charge is 0.316 e. The number of rotatable bonds is 6. The van der Waals surface area contributed by atoms with Gasteiger partial charge in [0, 0.05) is 24.1 Å². The lowest BCUT2D eigenvalue weighted by atomic mass is 9.77. The summed E-state index contributed by atoms with van der Waals surface area (Å²) >= 11 is 0. The second-order valence-corrected chi connectivity index (χ2v) is 5.44. The fourth-order valence-electron chi connectivity index (χ4n) is 2.94. The number of hydrogen-bond donors (Lipinski definition) is 1. The van der Waals surface area contributed by atoms with Crippen molar-refractivity contribution in [1.29, 1.82) is 0 Å². The molecule has 2 aromatic rings. The van der Waals surface area contributed by atoms with Crippen LogP contribution in [0.15, 0.2) is 48.5 Å². The molecule has 1 aliphatic rings. The van der Waals surface area contributed by atoms with Crippen LogP contribution in [0.5, 0.6) is 0 Å². The third kappa shape index (κ3) is 2.95. The summed E-state index contributed by atoms with van der Waals surface area (Å²) in [6.45, 7) is 1.71. The molecule has 4 heteroatoms. The Balaban J connectivity index is 1.49. The quantitative estimate of drug-likeness (QED) is 0.503. The van der Waals surface area contributed by atoms with E-state index in [2.05, 4.69) is 29.6 Å². The van der Waals surface area contributed by atoms with Crippen molar-refractivity contribution in [2.24, 2.45) is 0 Å². The maximum Gasteiger partial charge on any atom is 0.272 e. The van der Waals surface area contributed by atoms with Crippen LogP contribution in [0.3, 0.4) is 0 Å². The fourth-order valence-corrected chi connectivity index (χ4v) is 2.94. The number of nitro benzene ring substituents is 1. The van der Waals surface area contributed by atoms with Crippen LogP contribution < -0.4 is 5.32 Å². The Bertz CT molecular complexity index is 655. The number of benzene rings is 2. The van der Waals surface area contributed by atoms with E-state index in [1.54, 1.807) is 12.1 Å². The van der Waals surface area contributed by atoms with E-state index in [0.29, 0.717) is 12.3 Å². The van der Waals surface area contributed by atoms with Crippen molar-refractivity contribution in [1.82, 2.24) is 5.32 Å². The lowest BCUT2D eigenvalue weighted by molar-refractivity contribution is -0.385. The van der Waals surface area contributed by atoms with Crippen LogP contribution in [0, 0.1) is 10.1 Å². The SMILES string of the molecule is O=[N+]([O-])c1ccccc1CCNCC1Cc2ccccc21. The Morgan fingerprint density at radius 3 is 2.71 bits per heavy atom. The van der Waals surface area contributed by atoms with E-state index < -0.39 is 0 Å². The van der Waals surface area contributed by atoms with Gasteiger partial charge in [-0.15, -0.1) is 0 Å². The molecular weight excluding hydrogens is 264 g/mol. The minimum absolute atomic E-state index is 0.216. The Kier molecular flexibility index (Phi) is 3.97. The molecule has 1 N–H and O–H groups in total. The fraction of sp³-hybridized carbons (Fsp3) is 0.294. The first-order valence-electron chi connectivity index (χ1n) is 7.26. The summed E-state index contributed by atoms with van der Waals surface area (Å²) in [6, 6.07) is 15.5. The number of nitrogens with zero attached hydrogens (tertiary/aromatic N) is 1. The number of para-hydroxylation sites is 1. The number of hydrogen-bond acceptors (Lipinski definition) is 3. The summed E-state index contributed by atoms with van der Waals surface area (Å²) in [7, 11) is 0. The molecule has 4 nitrogen and oxygen atoms in total. The molecule has 21 heavy (non-hydrogen) atoms. The van der Waals surface area contributed by atoms with Crippen molar-refractivity contribution in [2.75, 3.05) is 13.1 Å². The predicted octanol–water partition coefficient (Wildman–Crippen LogP) is 3.07. The summed E-state index contributed by atoms with van der Waals surface area (Å²) in [6.07, 6.45) is 1.82. The van der Waals surface area contributed by atoms with Gasteiger partial charge in [0.15, 0.2) is 0 Å². The molecule has 0 spiro atoms. The molecule has 108 valence electrons. The second-order valence-electron chi connectivity index (χ2n) is 5.44. The van der Waals surface area contributed by atoms with Crippen molar-refractivity contribution < 1.29 is 4.92 Å². The van der Waals surface area contributed by atoms with E-state index >= 15 is 0 Å². The molecule has 0 heterocycles. The van der Waals surface area contributed by atoms with Crippen LogP contribution in [0.1, 0.15) is 22.6 Å². The molecule has 0 amide bonds. The van der Waals surface area contributed by atoms with Gasteiger partial charge in [0.1, 0.15) is 0 Å². The zero-order valence-corrected chi connectivity index (χ0v) is 11.8. The number of nitrogens with one attached hydrogen (secondary N) is 1. The summed E-state index contributed by atoms with van der Waals surface area (Å²) in [5, 5.41) is 14.4. The van der Waals surface area contributed by atoms with Gasteiger partial charge in [0.05, 0.1) is 4.92 Å². The highest BCUT2D eigenvalue weighted by Gasteiger charge is 2.24. The van der Waals surface area contributed by atoms with Gasteiger partial charge in [-0.2, -0.15) is 0 Å². The van der Waals surface area contributed by atoms with Crippen molar-refractivity contribution >= 4 is 5.69 Å². The van der Waals surface area contributed by atoms with Crippen molar-refractivity contribution in [2.45, 2.75) is 18.8 Å². The average molecular weight is 282 g/mol. The van der Waals surface area contributed by atoms with E-state index in [1.807, 2.05) is 12.1 Å². The molecule has 0 aromatic heterocycles. The lowest BCUT2D eigenvalue weighted by Gasteiger charge is -2.30. The monoisotopic (exact) mass is 282 g/mol. The lowest BCUT2D eigenvalue weighted by Crippen LogP contribution is -2.30. The molecule has 0 bridgehead atoms. The zero-order chi connectivity index (χ0) is 14.7. The van der Waals surface area contributed by atoms with E-state index in [4.69, 9.17) is 0 Å². The van der Waals surface area contributed by atoms with Gasteiger partial charge in [0.2, 0.25) is 0 Å². The molecular formula is C17H18N2O2. The summed E-state index contributed by atoms with van der Waals surface area (Å²) in [5.41, 5.74) is 3.90. The van der Waals surface area contributed by atoms with E-state index in [0.717, 1.165) is 25.1 Å². The van der Waals surface area contributed by atoms with Gasteiger partial charge in [0.25, 0.3) is 5.69 Å². The van der Waals surface area contributed by atoms with Crippen LogP contribution in [-0.4, -0.2) is 18.0 Å². The maximum absolute atomic E-state index is 10.9. The van der Waals surface area contributed by atoms with Crippen molar-refractivity contribution in [3.05, 3.63) is 75.3 Å². The van der Waals surface area contributed by atoms with Crippen LogP contribution in [0.25, 0.3) is 0 Å². The molecule has 1 atom stereocenters. The van der Waals surface area contributed by atoms with Crippen LogP contribution in [-0.2, 0) is 12.8 Å². The minimum atomic E-state index is -0.308. The standard InChI is InChI=1S/C17H18N2O2/c20-19(21)17-8-4-2-5-13(17)9-10-18-12-15-11-14-6-1-3-7-16(14)15/h1-8,15,18H,9-12H2. The Morgan fingerprint density at radius 1 is 1.14 bits per heavy atom. The Labute approximate surface area is 124 Å². The molecule has 0 radical (unpaired) electrons. The summed E-state index contributed by atoms with van der Waals surface area (Å²) in [5.74, 6) is 0.590. The highest BCUT2D eigenvalue weighted by molar-refractivity contribution is 5.41. The first kappa shape index (κ1) is 13.8. The second kappa shape index (κ2) is 6.06. The first-order chi connectivity index (χ1) is 10.3. The highest BCUT2D eigenvalue weighted by atomic mass is 16.6. The van der Waals surface area contributed by atoms with E-state index in [9.17, 15) is 10.1 Å².